The van der Waals surface area contributed by atoms with Crippen LogP contribution in [0.4, 0.5) is 14.5 Å². The summed E-state index contributed by atoms with van der Waals surface area (Å²) in [4.78, 5) is 20.4. The Morgan fingerprint density at radius 1 is 0.816 bits per heavy atom. The molecule has 0 spiro atoms. The Kier molecular flexibility index (Phi) is 9.29. The summed E-state index contributed by atoms with van der Waals surface area (Å²) in [5.74, 6) is -0.210. The molecule has 4 nitrogen and oxygen atoms in total. The molecule has 202 valence electrons. The third-order valence-corrected chi connectivity index (χ3v) is 7.48. The molecular formula is C32H39F2N3O. The van der Waals surface area contributed by atoms with Gasteiger partial charge in [0, 0.05) is 51.9 Å². The molecule has 0 unspecified atom stereocenters. The molecular weight excluding hydrogens is 480 g/mol. The molecule has 1 saturated heterocycles. The Bertz CT molecular complexity index is 1210. The van der Waals surface area contributed by atoms with Gasteiger partial charge in [-0.3, -0.25) is 14.6 Å². The molecule has 0 bridgehead atoms. The smallest absolute Gasteiger partial charge is 0.206 e. The molecule has 1 heterocycles. The maximum Gasteiger partial charge on any atom is 0.206 e. The van der Waals surface area contributed by atoms with E-state index in [2.05, 4.69) is 47.6 Å². The summed E-state index contributed by atoms with van der Waals surface area (Å²) in [6.45, 7) is 11.0. The van der Waals surface area contributed by atoms with Gasteiger partial charge in [0.25, 0.3) is 0 Å². The standard InChI is InChI=1S/C32H39F2N3O/c1-5-16-35(4)30-21-26(23(2)3)6-7-27(32(30)38)22-36-17-19-37(20-18-36)31(24-8-12-28(33)13-9-24)25-10-14-29(34)15-11-25/h6-15,21,23,31H,5,16-20,22H2,1-4H3. The number of rotatable bonds is 9. The molecule has 3 aromatic rings. The second-order valence-corrected chi connectivity index (χ2v) is 10.6. The first-order chi connectivity index (χ1) is 18.3. The fourth-order valence-corrected chi connectivity index (χ4v) is 5.26. The highest BCUT2D eigenvalue weighted by molar-refractivity contribution is 5.49. The highest BCUT2D eigenvalue weighted by Gasteiger charge is 2.27. The molecule has 0 aromatic heterocycles. The van der Waals surface area contributed by atoms with Crippen LogP contribution in [0.1, 0.15) is 61.4 Å². The lowest BCUT2D eigenvalue weighted by Crippen LogP contribution is -2.47. The van der Waals surface area contributed by atoms with E-state index in [0.717, 1.165) is 67.1 Å². The molecule has 38 heavy (non-hydrogen) atoms. The van der Waals surface area contributed by atoms with Gasteiger partial charge in [0.2, 0.25) is 5.43 Å². The Hall–Kier alpha value is -3.09. The van der Waals surface area contributed by atoms with Gasteiger partial charge in [0.05, 0.1) is 11.7 Å². The predicted molar refractivity (Wildman–Crippen MR) is 152 cm³/mol. The van der Waals surface area contributed by atoms with E-state index in [0.29, 0.717) is 12.5 Å². The van der Waals surface area contributed by atoms with Gasteiger partial charge in [-0.15, -0.1) is 0 Å². The fraction of sp³-hybridized carbons (Fsp3) is 0.406. The highest BCUT2D eigenvalue weighted by Crippen LogP contribution is 2.30. The summed E-state index contributed by atoms with van der Waals surface area (Å²) in [6, 6.07) is 19.2. The Morgan fingerprint density at radius 2 is 1.34 bits per heavy atom. The van der Waals surface area contributed by atoms with Gasteiger partial charge in [-0.2, -0.15) is 0 Å². The van der Waals surface area contributed by atoms with Crippen molar-refractivity contribution >= 4 is 5.69 Å². The van der Waals surface area contributed by atoms with Crippen molar-refractivity contribution in [1.29, 1.82) is 0 Å². The van der Waals surface area contributed by atoms with Crippen molar-refractivity contribution in [2.45, 2.75) is 45.7 Å². The average Bonchev–Trinajstić information content (AvgIpc) is 3.07. The maximum absolute atomic E-state index is 13.7. The molecule has 1 aliphatic rings. The zero-order chi connectivity index (χ0) is 27.2. The van der Waals surface area contributed by atoms with Crippen LogP contribution >= 0.6 is 0 Å². The number of piperazine rings is 1. The van der Waals surface area contributed by atoms with Gasteiger partial charge in [0.15, 0.2) is 0 Å². The molecule has 0 amide bonds. The first-order valence-electron chi connectivity index (χ1n) is 13.6. The van der Waals surface area contributed by atoms with Crippen LogP contribution < -0.4 is 10.3 Å². The first kappa shape index (κ1) is 27.9. The van der Waals surface area contributed by atoms with E-state index in [1.54, 1.807) is 0 Å². The molecule has 0 radical (unpaired) electrons. The van der Waals surface area contributed by atoms with Crippen LogP contribution in [0.15, 0.2) is 71.5 Å². The van der Waals surface area contributed by atoms with E-state index in [1.807, 2.05) is 37.4 Å². The van der Waals surface area contributed by atoms with E-state index < -0.39 is 0 Å². The number of benzene rings is 2. The lowest BCUT2D eigenvalue weighted by Gasteiger charge is -2.39. The van der Waals surface area contributed by atoms with Gasteiger partial charge in [-0.05, 0) is 59.4 Å². The number of anilines is 1. The number of hydrogen-bond donors (Lipinski definition) is 0. The molecule has 3 aromatic carbocycles. The zero-order valence-corrected chi connectivity index (χ0v) is 23.0. The summed E-state index contributed by atoms with van der Waals surface area (Å²) in [6.07, 6.45) is 0.978. The van der Waals surface area contributed by atoms with Crippen molar-refractivity contribution in [1.82, 2.24) is 9.80 Å². The van der Waals surface area contributed by atoms with E-state index in [9.17, 15) is 13.6 Å². The van der Waals surface area contributed by atoms with Crippen LogP contribution in [0, 0.1) is 11.6 Å². The highest BCUT2D eigenvalue weighted by atomic mass is 19.1. The topological polar surface area (TPSA) is 26.8 Å². The second-order valence-electron chi connectivity index (χ2n) is 10.6. The van der Waals surface area contributed by atoms with Crippen molar-refractivity contribution in [3.8, 4) is 0 Å². The minimum absolute atomic E-state index is 0.0918. The Balaban J connectivity index is 1.54. The summed E-state index contributed by atoms with van der Waals surface area (Å²) >= 11 is 0. The van der Waals surface area contributed by atoms with Crippen molar-refractivity contribution in [3.05, 3.63) is 111 Å². The van der Waals surface area contributed by atoms with E-state index in [4.69, 9.17) is 0 Å². The molecule has 0 aliphatic carbocycles. The third kappa shape index (κ3) is 6.66. The molecule has 0 N–H and O–H groups in total. The maximum atomic E-state index is 13.7. The van der Waals surface area contributed by atoms with Crippen molar-refractivity contribution in [2.24, 2.45) is 0 Å². The van der Waals surface area contributed by atoms with Gasteiger partial charge >= 0.3 is 0 Å². The van der Waals surface area contributed by atoms with Gasteiger partial charge < -0.3 is 4.90 Å². The van der Waals surface area contributed by atoms with E-state index in [1.165, 1.54) is 24.3 Å². The van der Waals surface area contributed by atoms with Crippen LogP contribution in [0.5, 0.6) is 0 Å². The van der Waals surface area contributed by atoms with Crippen LogP contribution in [-0.2, 0) is 6.54 Å². The van der Waals surface area contributed by atoms with Gasteiger partial charge in [-0.25, -0.2) is 8.78 Å². The van der Waals surface area contributed by atoms with Crippen LogP contribution in [0.2, 0.25) is 0 Å². The zero-order valence-electron chi connectivity index (χ0n) is 23.0. The van der Waals surface area contributed by atoms with E-state index >= 15 is 0 Å². The molecule has 0 atom stereocenters. The Morgan fingerprint density at radius 3 is 1.84 bits per heavy atom. The summed E-state index contributed by atoms with van der Waals surface area (Å²) in [5, 5.41) is 0. The minimum Gasteiger partial charge on any atom is -0.371 e. The molecule has 4 rings (SSSR count). The first-order valence-corrected chi connectivity index (χ1v) is 13.6. The van der Waals surface area contributed by atoms with Gasteiger partial charge in [-0.1, -0.05) is 57.2 Å². The normalized spacial score (nSPS) is 14.8. The van der Waals surface area contributed by atoms with Gasteiger partial charge in [0.1, 0.15) is 11.6 Å². The summed E-state index contributed by atoms with van der Waals surface area (Å²) < 4.78 is 27.3. The summed E-state index contributed by atoms with van der Waals surface area (Å²) in [7, 11) is 2.00. The predicted octanol–water partition coefficient (Wildman–Crippen LogP) is 6.20. The lowest BCUT2D eigenvalue weighted by atomic mass is 9.96. The fourth-order valence-electron chi connectivity index (χ4n) is 5.26. The quantitative estimate of drug-likeness (QED) is 0.336. The average molecular weight is 520 g/mol. The van der Waals surface area contributed by atoms with Crippen molar-refractivity contribution in [3.63, 3.8) is 0 Å². The van der Waals surface area contributed by atoms with Crippen LogP contribution in [0.3, 0.4) is 0 Å². The third-order valence-electron chi connectivity index (χ3n) is 7.48. The van der Waals surface area contributed by atoms with Crippen molar-refractivity contribution in [2.75, 3.05) is 44.7 Å². The van der Waals surface area contributed by atoms with E-state index in [-0.39, 0.29) is 23.1 Å². The molecule has 1 fully saturated rings. The van der Waals surface area contributed by atoms with Crippen LogP contribution in [0.25, 0.3) is 0 Å². The SMILES string of the molecule is CCCN(C)c1cc(C(C)C)ccc(CN2CCN(C(c3ccc(F)cc3)c3ccc(F)cc3)CC2)c1=O. The number of hydrogen-bond acceptors (Lipinski definition) is 4. The number of halogens is 2. The van der Waals surface area contributed by atoms with Crippen molar-refractivity contribution < 1.29 is 8.78 Å². The summed E-state index contributed by atoms with van der Waals surface area (Å²) in [5.41, 5.74) is 4.81. The molecule has 1 aliphatic heterocycles. The minimum atomic E-state index is -0.273. The molecule has 0 saturated carbocycles. The largest absolute Gasteiger partial charge is 0.371 e. The Labute approximate surface area is 225 Å². The molecule has 6 heteroatoms. The monoisotopic (exact) mass is 519 g/mol. The second kappa shape index (κ2) is 12.6. The number of nitrogens with zero attached hydrogens (tertiary/aromatic N) is 3. The van der Waals surface area contributed by atoms with Crippen LogP contribution in [-0.4, -0.2) is 49.6 Å². The lowest BCUT2D eigenvalue weighted by molar-refractivity contribution is 0.104.